The molecular formula is C28H42O. The van der Waals surface area contributed by atoms with Crippen LogP contribution in [0.5, 0.6) is 0 Å². The molecule has 0 unspecified atom stereocenters. The van der Waals surface area contributed by atoms with Gasteiger partial charge in [0.05, 0.1) is 6.10 Å². The Hall–Kier alpha value is -1.08. The van der Waals surface area contributed by atoms with E-state index < -0.39 is 0 Å². The molecule has 8 atom stereocenters. The van der Waals surface area contributed by atoms with E-state index in [4.69, 9.17) is 0 Å². The summed E-state index contributed by atoms with van der Waals surface area (Å²) in [6, 6.07) is 0. The highest BCUT2D eigenvalue weighted by atomic mass is 16.3. The number of hydrogen-bond acceptors (Lipinski definition) is 1. The first-order chi connectivity index (χ1) is 13.7. The number of aliphatic hydroxyl groups excluding tert-OH is 1. The second-order valence-corrected chi connectivity index (χ2v) is 11.4. The number of allylic oxidation sites excluding steroid dienone is 6. The lowest BCUT2D eigenvalue weighted by Gasteiger charge is -2.55. The maximum absolute atomic E-state index is 10.2. The molecule has 4 rings (SSSR count). The maximum Gasteiger partial charge on any atom is 0.0578 e. The molecule has 0 spiro atoms. The van der Waals surface area contributed by atoms with E-state index in [1.807, 2.05) is 0 Å². The third kappa shape index (κ3) is 3.42. The molecule has 1 N–H and O–H groups in total. The summed E-state index contributed by atoms with van der Waals surface area (Å²) in [4.78, 5) is 0. The van der Waals surface area contributed by atoms with Crippen molar-refractivity contribution in [1.29, 1.82) is 0 Å². The summed E-state index contributed by atoms with van der Waals surface area (Å²) >= 11 is 0. The summed E-state index contributed by atoms with van der Waals surface area (Å²) in [5.74, 6) is 3.36. The van der Waals surface area contributed by atoms with Gasteiger partial charge in [-0.25, -0.2) is 0 Å². The molecule has 0 radical (unpaired) electrons. The van der Waals surface area contributed by atoms with Gasteiger partial charge < -0.3 is 5.11 Å². The Labute approximate surface area is 179 Å². The fourth-order valence-corrected chi connectivity index (χ4v) is 7.53. The van der Waals surface area contributed by atoms with Crippen LogP contribution in [0.15, 0.2) is 47.6 Å². The molecule has 160 valence electrons. The van der Waals surface area contributed by atoms with Gasteiger partial charge in [0, 0.05) is 0 Å². The summed E-state index contributed by atoms with van der Waals surface area (Å²) < 4.78 is 0. The average Bonchev–Trinajstić information content (AvgIpc) is 3.03. The molecule has 1 heteroatoms. The van der Waals surface area contributed by atoms with Crippen molar-refractivity contribution < 1.29 is 5.11 Å². The molecule has 1 nitrogen and oxygen atoms in total. The molecule has 0 saturated heterocycles. The van der Waals surface area contributed by atoms with Crippen molar-refractivity contribution in [2.24, 2.45) is 40.4 Å². The standard InChI is InChI=1S/C28H42O/c1-18(2)19(3)7-8-20(4)24-11-12-25-23-10-9-21-17-22(29)13-15-27(21,5)26(23)14-16-28(24,25)6/h7-10,19-20,22,24-26,29H,1,11-17H2,2-6H3/b8-7+/t19-,20+,22-,24+,25-,26-,27-,28+/m0/s1. The smallest absolute Gasteiger partial charge is 0.0578 e. The van der Waals surface area contributed by atoms with Gasteiger partial charge in [-0.1, -0.05) is 75.3 Å². The monoisotopic (exact) mass is 394 g/mol. The molecule has 3 saturated carbocycles. The molecule has 0 bridgehead atoms. The Kier molecular flexibility index (Phi) is 5.52. The minimum atomic E-state index is -0.122. The molecule has 29 heavy (non-hydrogen) atoms. The van der Waals surface area contributed by atoms with Gasteiger partial charge in [-0.3, -0.25) is 0 Å². The Balaban J connectivity index is 1.57. The zero-order valence-corrected chi connectivity index (χ0v) is 19.4. The van der Waals surface area contributed by atoms with Crippen molar-refractivity contribution in [2.45, 2.75) is 85.7 Å². The van der Waals surface area contributed by atoms with Gasteiger partial charge in [0.15, 0.2) is 0 Å². The summed E-state index contributed by atoms with van der Waals surface area (Å²) in [7, 11) is 0. The van der Waals surface area contributed by atoms with Crippen LogP contribution in [0.2, 0.25) is 0 Å². The van der Waals surface area contributed by atoms with Crippen LogP contribution in [0.3, 0.4) is 0 Å². The van der Waals surface area contributed by atoms with Crippen molar-refractivity contribution >= 4 is 0 Å². The SMILES string of the molecule is C=C(C)[C@@H](C)/C=C/[C@@H](C)[C@H]1CC[C@H]2C3=CC=C4C[C@@H](O)CC[C@]4(C)[C@H]3CC[C@]12C. The lowest BCUT2D eigenvalue weighted by atomic mass is 9.50. The van der Waals surface area contributed by atoms with E-state index in [2.05, 4.69) is 65.5 Å². The van der Waals surface area contributed by atoms with Gasteiger partial charge in [0.25, 0.3) is 0 Å². The Morgan fingerprint density at radius 2 is 1.83 bits per heavy atom. The minimum Gasteiger partial charge on any atom is -0.393 e. The summed E-state index contributed by atoms with van der Waals surface area (Å²) in [5.41, 5.74) is 5.27. The third-order valence-electron chi connectivity index (χ3n) is 9.73. The normalized spacial score (nSPS) is 43.7. The van der Waals surface area contributed by atoms with Crippen LogP contribution in [0.4, 0.5) is 0 Å². The van der Waals surface area contributed by atoms with E-state index in [-0.39, 0.29) is 6.10 Å². The predicted molar refractivity (Wildman–Crippen MR) is 123 cm³/mol. The van der Waals surface area contributed by atoms with Crippen molar-refractivity contribution in [3.63, 3.8) is 0 Å². The van der Waals surface area contributed by atoms with Gasteiger partial charge in [-0.05, 0) is 92.3 Å². The van der Waals surface area contributed by atoms with Gasteiger partial charge in [-0.2, -0.15) is 0 Å². The zero-order valence-electron chi connectivity index (χ0n) is 19.4. The predicted octanol–water partition coefficient (Wildman–Crippen LogP) is 7.25. The minimum absolute atomic E-state index is 0.122. The molecule has 4 aliphatic carbocycles. The van der Waals surface area contributed by atoms with Crippen LogP contribution in [0, 0.1) is 40.4 Å². The Bertz CT molecular complexity index is 754. The van der Waals surface area contributed by atoms with Crippen molar-refractivity contribution in [3.8, 4) is 0 Å². The largest absolute Gasteiger partial charge is 0.393 e. The van der Waals surface area contributed by atoms with Gasteiger partial charge in [-0.15, -0.1) is 0 Å². The molecule has 0 aromatic heterocycles. The maximum atomic E-state index is 10.2. The van der Waals surface area contributed by atoms with Crippen LogP contribution >= 0.6 is 0 Å². The molecule has 3 fully saturated rings. The average molecular weight is 395 g/mol. The molecule has 0 aromatic carbocycles. The second kappa shape index (κ2) is 7.56. The first-order valence-corrected chi connectivity index (χ1v) is 12.1. The molecule has 0 heterocycles. The van der Waals surface area contributed by atoms with Crippen LogP contribution < -0.4 is 0 Å². The summed E-state index contributed by atoms with van der Waals surface area (Å²) in [5, 5.41) is 10.2. The third-order valence-corrected chi connectivity index (χ3v) is 9.73. The molecular weight excluding hydrogens is 352 g/mol. The Morgan fingerprint density at radius 1 is 1.07 bits per heavy atom. The molecule has 0 aliphatic heterocycles. The van der Waals surface area contributed by atoms with Gasteiger partial charge in [0.2, 0.25) is 0 Å². The number of hydrogen-bond donors (Lipinski definition) is 1. The topological polar surface area (TPSA) is 20.2 Å². The van der Waals surface area contributed by atoms with Crippen molar-refractivity contribution in [2.75, 3.05) is 0 Å². The fraction of sp³-hybridized carbons (Fsp3) is 0.714. The molecule has 0 amide bonds. The molecule has 0 aromatic rings. The van der Waals surface area contributed by atoms with Crippen molar-refractivity contribution in [3.05, 3.63) is 47.6 Å². The fourth-order valence-electron chi connectivity index (χ4n) is 7.53. The van der Waals surface area contributed by atoms with Crippen LogP contribution in [0.1, 0.15) is 79.6 Å². The quantitative estimate of drug-likeness (QED) is 0.498. The van der Waals surface area contributed by atoms with E-state index in [1.54, 1.807) is 5.57 Å². The second-order valence-electron chi connectivity index (χ2n) is 11.4. The first kappa shape index (κ1) is 21.2. The summed E-state index contributed by atoms with van der Waals surface area (Å²) in [6.45, 7) is 16.1. The van der Waals surface area contributed by atoms with Crippen LogP contribution in [0.25, 0.3) is 0 Å². The zero-order chi connectivity index (χ0) is 21.0. The van der Waals surface area contributed by atoms with E-state index in [1.165, 1.54) is 36.8 Å². The van der Waals surface area contributed by atoms with Gasteiger partial charge >= 0.3 is 0 Å². The first-order valence-electron chi connectivity index (χ1n) is 12.1. The number of fused-ring (bicyclic) bond motifs is 5. The lowest BCUT2D eigenvalue weighted by molar-refractivity contribution is 0.0383. The van der Waals surface area contributed by atoms with Crippen LogP contribution in [-0.2, 0) is 0 Å². The highest BCUT2D eigenvalue weighted by Gasteiger charge is 2.56. The van der Waals surface area contributed by atoms with Gasteiger partial charge in [0.1, 0.15) is 0 Å². The highest BCUT2D eigenvalue weighted by Crippen LogP contribution is 2.65. The van der Waals surface area contributed by atoms with E-state index in [0.717, 1.165) is 31.1 Å². The van der Waals surface area contributed by atoms with Crippen molar-refractivity contribution in [1.82, 2.24) is 0 Å². The Morgan fingerprint density at radius 3 is 2.55 bits per heavy atom. The van der Waals surface area contributed by atoms with E-state index >= 15 is 0 Å². The number of rotatable bonds is 4. The lowest BCUT2D eigenvalue weighted by Crippen LogP contribution is -2.46. The summed E-state index contributed by atoms with van der Waals surface area (Å²) in [6.07, 6.45) is 18.1. The van der Waals surface area contributed by atoms with Crippen LogP contribution in [-0.4, -0.2) is 11.2 Å². The van der Waals surface area contributed by atoms with E-state index in [0.29, 0.717) is 28.6 Å². The molecule has 4 aliphatic rings. The number of aliphatic hydroxyl groups is 1. The highest BCUT2D eigenvalue weighted by molar-refractivity contribution is 5.39. The van der Waals surface area contributed by atoms with E-state index in [9.17, 15) is 5.11 Å².